The molecule has 18 heavy (non-hydrogen) atoms. The maximum absolute atomic E-state index is 11.9. The first-order valence-corrected chi connectivity index (χ1v) is 5.68. The number of amides is 1. The number of pyridine rings is 1. The molecule has 2 aromatic rings. The highest BCUT2D eigenvalue weighted by molar-refractivity contribution is 6.03. The highest BCUT2D eigenvalue weighted by Crippen LogP contribution is 2.22. The largest absolute Gasteiger partial charge is 0.389 e. The van der Waals surface area contributed by atoms with Crippen molar-refractivity contribution in [3.8, 4) is 0 Å². The van der Waals surface area contributed by atoms with Crippen LogP contribution in [0, 0.1) is 0 Å². The number of hydrogen-bond acceptors (Lipinski definition) is 3. The second-order valence-electron chi connectivity index (χ2n) is 3.93. The SMILES string of the molecule is CC(O)c1ccccc1NC(=O)c1ccccn1. The number of nitrogens with zero attached hydrogens (tertiary/aromatic N) is 1. The monoisotopic (exact) mass is 242 g/mol. The summed E-state index contributed by atoms with van der Waals surface area (Å²) >= 11 is 0. The molecule has 2 rings (SSSR count). The van der Waals surface area contributed by atoms with Crippen molar-refractivity contribution in [2.24, 2.45) is 0 Å². The standard InChI is InChI=1S/C14H14N2O2/c1-10(17)11-6-2-3-7-12(11)16-14(18)13-8-4-5-9-15-13/h2-10,17H,1H3,(H,16,18). The lowest BCUT2D eigenvalue weighted by Crippen LogP contribution is -2.15. The van der Waals surface area contributed by atoms with Gasteiger partial charge >= 0.3 is 0 Å². The van der Waals surface area contributed by atoms with Crippen LogP contribution < -0.4 is 5.32 Å². The molecule has 4 nitrogen and oxygen atoms in total. The molecule has 2 N–H and O–H groups in total. The topological polar surface area (TPSA) is 62.2 Å². The lowest BCUT2D eigenvalue weighted by atomic mass is 10.1. The fraction of sp³-hybridized carbons (Fsp3) is 0.143. The molecule has 0 aliphatic carbocycles. The van der Waals surface area contributed by atoms with Gasteiger partial charge in [-0.3, -0.25) is 9.78 Å². The predicted octanol–water partition coefficient (Wildman–Crippen LogP) is 2.39. The zero-order valence-electron chi connectivity index (χ0n) is 10.00. The molecular weight excluding hydrogens is 228 g/mol. The third-order valence-corrected chi connectivity index (χ3v) is 2.56. The molecule has 0 spiro atoms. The van der Waals surface area contributed by atoms with Crippen LogP contribution in [-0.4, -0.2) is 16.0 Å². The molecule has 0 aliphatic rings. The van der Waals surface area contributed by atoms with Gasteiger partial charge in [0, 0.05) is 17.4 Å². The molecule has 0 aliphatic heterocycles. The van der Waals surface area contributed by atoms with Crippen molar-refractivity contribution in [3.05, 3.63) is 59.9 Å². The van der Waals surface area contributed by atoms with Crippen LogP contribution in [0.15, 0.2) is 48.7 Å². The summed E-state index contributed by atoms with van der Waals surface area (Å²) in [6.45, 7) is 1.66. The summed E-state index contributed by atoms with van der Waals surface area (Å²) in [5.41, 5.74) is 1.63. The van der Waals surface area contributed by atoms with Gasteiger partial charge in [-0.15, -0.1) is 0 Å². The minimum atomic E-state index is -0.634. The van der Waals surface area contributed by atoms with Crippen LogP contribution in [0.4, 0.5) is 5.69 Å². The Labute approximate surface area is 105 Å². The molecule has 0 saturated heterocycles. The molecule has 1 atom stereocenters. The van der Waals surface area contributed by atoms with Crippen molar-refractivity contribution in [2.75, 3.05) is 5.32 Å². The number of carbonyl (C=O) groups is 1. The fourth-order valence-corrected chi connectivity index (χ4v) is 1.66. The van der Waals surface area contributed by atoms with Crippen LogP contribution in [-0.2, 0) is 0 Å². The second kappa shape index (κ2) is 5.42. The third-order valence-electron chi connectivity index (χ3n) is 2.56. The van der Waals surface area contributed by atoms with E-state index in [4.69, 9.17) is 0 Å². The zero-order valence-corrected chi connectivity index (χ0v) is 10.00. The van der Waals surface area contributed by atoms with E-state index in [0.717, 1.165) is 0 Å². The number of carbonyl (C=O) groups excluding carboxylic acids is 1. The van der Waals surface area contributed by atoms with E-state index in [9.17, 15) is 9.90 Å². The van der Waals surface area contributed by atoms with Crippen molar-refractivity contribution >= 4 is 11.6 Å². The summed E-state index contributed by atoms with van der Waals surface area (Å²) in [6, 6.07) is 12.3. The van der Waals surface area contributed by atoms with Crippen molar-refractivity contribution in [1.82, 2.24) is 4.98 Å². The molecule has 1 unspecified atom stereocenters. The van der Waals surface area contributed by atoms with Gasteiger partial charge in [0.15, 0.2) is 0 Å². The average Bonchev–Trinajstić information content (AvgIpc) is 2.40. The van der Waals surface area contributed by atoms with E-state index in [1.165, 1.54) is 0 Å². The molecule has 1 amide bonds. The van der Waals surface area contributed by atoms with Gasteiger partial charge in [-0.05, 0) is 25.1 Å². The molecule has 0 fully saturated rings. The number of para-hydroxylation sites is 1. The highest BCUT2D eigenvalue weighted by atomic mass is 16.3. The van der Waals surface area contributed by atoms with Crippen LogP contribution in [0.3, 0.4) is 0 Å². The van der Waals surface area contributed by atoms with Gasteiger partial charge in [-0.1, -0.05) is 24.3 Å². The normalized spacial score (nSPS) is 11.9. The van der Waals surface area contributed by atoms with Crippen LogP contribution in [0.2, 0.25) is 0 Å². The number of aromatic nitrogens is 1. The lowest BCUT2D eigenvalue weighted by molar-refractivity contribution is 0.102. The van der Waals surface area contributed by atoms with Gasteiger partial charge in [-0.2, -0.15) is 0 Å². The summed E-state index contributed by atoms with van der Waals surface area (Å²) in [5, 5.41) is 12.4. The predicted molar refractivity (Wildman–Crippen MR) is 69.3 cm³/mol. The van der Waals surface area contributed by atoms with Gasteiger partial charge in [0.05, 0.1) is 6.10 Å². The highest BCUT2D eigenvalue weighted by Gasteiger charge is 2.11. The number of benzene rings is 1. The number of hydrogen-bond donors (Lipinski definition) is 2. The van der Waals surface area contributed by atoms with E-state index in [1.54, 1.807) is 49.5 Å². The van der Waals surface area contributed by atoms with E-state index in [-0.39, 0.29) is 5.91 Å². The molecule has 1 heterocycles. The smallest absolute Gasteiger partial charge is 0.274 e. The number of aliphatic hydroxyl groups is 1. The van der Waals surface area contributed by atoms with Gasteiger partial charge < -0.3 is 10.4 Å². The Balaban J connectivity index is 2.22. The molecule has 0 bridgehead atoms. The molecule has 4 heteroatoms. The molecule has 1 aromatic heterocycles. The maximum atomic E-state index is 11.9. The summed E-state index contributed by atoms with van der Waals surface area (Å²) < 4.78 is 0. The van der Waals surface area contributed by atoms with Crippen molar-refractivity contribution in [2.45, 2.75) is 13.0 Å². The Morgan fingerprint density at radius 3 is 2.61 bits per heavy atom. The first kappa shape index (κ1) is 12.3. The molecule has 92 valence electrons. The molecular formula is C14H14N2O2. The lowest BCUT2D eigenvalue weighted by Gasteiger charge is -2.12. The van der Waals surface area contributed by atoms with E-state index in [2.05, 4.69) is 10.3 Å². The van der Waals surface area contributed by atoms with Crippen LogP contribution in [0.1, 0.15) is 29.1 Å². The molecule has 1 aromatic carbocycles. The first-order valence-electron chi connectivity index (χ1n) is 5.68. The van der Waals surface area contributed by atoms with Crippen LogP contribution in [0.5, 0.6) is 0 Å². The van der Waals surface area contributed by atoms with E-state index in [1.807, 2.05) is 6.07 Å². The van der Waals surface area contributed by atoms with Gasteiger partial charge in [-0.25, -0.2) is 0 Å². The summed E-state index contributed by atoms with van der Waals surface area (Å²) in [6.07, 6.45) is 0.931. The van der Waals surface area contributed by atoms with Crippen molar-refractivity contribution in [1.29, 1.82) is 0 Å². The average molecular weight is 242 g/mol. The van der Waals surface area contributed by atoms with Gasteiger partial charge in [0.1, 0.15) is 5.69 Å². The van der Waals surface area contributed by atoms with Crippen molar-refractivity contribution in [3.63, 3.8) is 0 Å². The molecule has 0 saturated carbocycles. The van der Waals surface area contributed by atoms with Gasteiger partial charge in [0.2, 0.25) is 0 Å². The summed E-state index contributed by atoms with van der Waals surface area (Å²) in [4.78, 5) is 15.9. The quantitative estimate of drug-likeness (QED) is 0.868. The third kappa shape index (κ3) is 2.73. The summed E-state index contributed by atoms with van der Waals surface area (Å²) in [7, 11) is 0. The number of anilines is 1. The Morgan fingerprint density at radius 2 is 1.94 bits per heavy atom. The Morgan fingerprint density at radius 1 is 1.22 bits per heavy atom. The zero-order chi connectivity index (χ0) is 13.0. The van der Waals surface area contributed by atoms with Crippen LogP contribution >= 0.6 is 0 Å². The second-order valence-corrected chi connectivity index (χ2v) is 3.93. The Kier molecular flexibility index (Phi) is 3.69. The van der Waals surface area contributed by atoms with E-state index >= 15 is 0 Å². The number of aliphatic hydroxyl groups excluding tert-OH is 1. The first-order chi connectivity index (χ1) is 8.68. The molecule has 0 radical (unpaired) electrons. The van der Waals surface area contributed by atoms with E-state index < -0.39 is 6.10 Å². The van der Waals surface area contributed by atoms with Crippen molar-refractivity contribution < 1.29 is 9.90 Å². The number of nitrogens with one attached hydrogen (secondary N) is 1. The van der Waals surface area contributed by atoms with Crippen LogP contribution in [0.25, 0.3) is 0 Å². The summed E-state index contributed by atoms with van der Waals surface area (Å²) in [5.74, 6) is -0.288. The number of rotatable bonds is 3. The maximum Gasteiger partial charge on any atom is 0.274 e. The van der Waals surface area contributed by atoms with Gasteiger partial charge in [0.25, 0.3) is 5.91 Å². The minimum Gasteiger partial charge on any atom is -0.389 e. The van der Waals surface area contributed by atoms with E-state index in [0.29, 0.717) is 16.9 Å². The Bertz CT molecular complexity index is 539. The Hall–Kier alpha value is -2.20. The minimum absolute atomic E-state index is 0.288. The fourth-order valence-electron chi connectivity index (χ4n) is 1.66.